The van der Waals surface area contributed by atoms with Crippen molar-refractivity contribution in [1.82, 2.24) is 0 Å². The maximum Gasteiger partial charge on any atom is 0.138 e. The second-order valence-corrected chi connectivity index (χ2v) is 4.80. The fourth-order valence-electron chi connectivity index (χ4n) is 1.85. The normalized spacial score (nSPS) is 10.4. The maximum atomic E-state index is 6.23. The highest BCUT2D eigenvalue weighted by Crippen LogP contribution is 2.34. The van der Waals surface area contributed by atoms with Crippen LogP contribution in [0.5, 0.6) is 5.75 Å². The minimum Gasteiger partial charge on any atom is -0.495 e. The molecule has 0 N–H and O–H groups in total. The van der Waals surface area contributed by atoms with E-state index in [-0.39, 0.29) is 0 Å². The summed E-state index contributed by atoms with van der Waals surface area (Å²) in [7, 11) is 1.58. The molecule has 0 aromatic heterocycles. The topological polar surface area (TPSA) is 9.23 Å². The molecule has 0 aliphatic heterocycles. The van der Waals surface area contributed by atoms with Crippen LogP contribution >= 0.6 is 23.2 Å². The zero-order valence-corrected chi connectivity index (χ0v) is 11.6. The number of hydrogen-bond donors (Lipinski definition) is 0. The Morgan fingerprint density at radius 3 is 2.28 bits per heavy atom. The fourth-order valence-corrected chi connectivity index (χ4v) is 2.36. The lowest BCUT2D eigenvalue weighted by Crippen LogP contribution is -1.94. The molecule has 0 unspecified atom stereocenters. The molecule has 18 heavy (non-hydrogen) atoms. The first-order valence-electron chi connectivity index (χ1n) is 5.77. The van der Waals surface area contributed by atoms with Crippen molar-refractivity contribution < 1.29 is 4.74 Å². The second-order valence-electron chi connectivity index (χ2n) is 4.04. The van der Waals surface area contributed by atoms with Gasteiger partial charge in [-0.3, -0.25) is 0 Å². The third-order valence-electron chi connectivity index (χ3n) is 2.87. The summed E-state index contributed by atoms with van der Waals surface area (Å²) in [6, 6.07) is 14.1. The van der Waals surface area contributed by atoms with E-state index in [4.69, 9.17) is 27.9 Å². The van der Waals surface area contributed by atoms with Gasteiger partial charge in [0.1, 0.15) is 10.8 Å². The summed E-state index contributed by atoms with van der Waals surface area (Å²) >= 11 is 12.4. The number of aryl methyl sites for hydroxylation is 2. The van der Waals surface area contributed by atoms with E-state index in [0.717, 1.165) is 18.4 Å². The Hall–Kier alpha value is -1.18. The number of hydrogen-bond acceptors (Lipinski definition) is 1. The summed E-state index contributed by atoms with van der Waals surface area (Å²) in [6.07, 6.45) is 1.82. The van der Waals surface area contributed by atoms with E-state index in [0.29, 0.717) is 15.8 Å². The largest absolute Gasteiger partial charge is 0.495 e. The van der Waals surface area contributed by atoms with Gasteiger partial charge in [0.05, 0.1) is 12.1 Å². The van der Waals surface area contributed by atoms with Crippen LogP contribution in [0.1, 0.15) is 11.1 Å². The van der Waals surface area contributed by atoms with Gasteiger partial charge in [-0.2, -0.15) is 0 Å². The van der Waals surface area contributed by atoms with Crippen molar-refractivity contribution in [2.24, 2.45) is 0 Å². The molecule has 0 saturated carbocycles. The average molecular weight is 281 g/mol. The van der Waals surface area contributed by atoms with Crippen molar-refractivity contribution in [1.29, 1.82) is 0 Å². The molecule has 0 atom stereocenters. The van der Waals surface area contributed by atoms with Crippen LogP contribution in [0.25, 0.3) is 0 Å². The predicted octanol–water partition coefficient (Wildman–Crippen LogP) is 4.79. The Morgan fingerprint density at radius 2 is 1.61 bits per heavy atom. The van der Waals surface area contributed by atoms with Crippen molar-refractivity contribution >= 4 is 23.2 Å². The van der Waals surface area contributed by atoms with Gasteiger partial charge >= 0.3 is 0 Å². The Morgan fingerprint density at radius 1 is 0.889 bits per heavy atom. The molecule has 0 fully saturated rings. The van der Waals surface area contributed by atoms with Crippen LogP contribution in [0.3, 0.4) is 0 Å². The minimum atomic E-state index is 0.490. The summed E-state index contributed by atoms with van der Waals surface area (Å²) in [5.41, 5.74) is 2.34. The fraction of sp³-hybridized carbons (Fsp3) is 0.200. The molecule has 0 spiro atoms. The lowest BCUT2D eigenvalue weighted by molar-refractivity contribution is 0.415. The lowest BCUT2D eigenvalue weighted by atomic mass is 10.0. The van der Waals surface area contributed by atoms with Gasteiger partial charge in [-0.25, -0.2) is 0 Å². The van der Waals surface area contributed by atoms with E-state index < -0.39 is 0 Å². The Labute approximate surface area is 117 Å². The molecule has 2 aromatic rings. The van der Waals surface area contributed by atoms with Crippen molar-refractivity contribution in [3.05, 3.63) is 63.6 Å². The van der Waals surface area contributed by atoms with Gasteiger partial charge in [0.15, 0.2) is 0 Å². The Balaban J connectivity index is 2.13. The van der Waals surface area contributed by atoms with Gasteiger partial charge in [0.2, 0.25) is 0 Å². The van der Waals surface area contributed by atoms with Gasteiger partial charge in [-0.1, -0.05) is 59.6 Å². The lowest BCUT2D eigenvalue weighted by Gasteiger charge is -2.09. The minimum absolute atomic E-state index is 0.490. The summed E-state index contributed by atoms with van der Waals surface area (Å²) < 4.78 is 5.13. The van der Waals surface area contributed by atoms with Crippen molar-refractivity contribution in [2.45, 2.75) is 12.8 Å². The standard InChI is InChI=1S/C15H14Cl2O/c1-18-13-10-9-12(14(16)15(13)17)8-7-11-5-3-2-4-6-11/h2-6,9-10H,7-8H2,1H3. The number of methoxy groups -OCH3 is 1. The molecule has 0 radical (unpaired) electrons. The Bertz CT molecular complexity index is 524. The van der Waals surface area contributed by atoms with Crippen molar-refractivity contribution in [3.8, 4) is 5.75 Å². The van der Waals surface area contributed by atoms with Gasteiger partial charge in [0, 0.05) is 0 Å². The van der Waals surface area contributed by atoms with E-state index >= 15 is 0 Å². The first kappa shape index (κ1) is 13.3. The van der Waals surface area contributed by atoms with E-state index in [1.54, 1.807) is 7.11 Å². The van der Waals surface area contributed by atoms with Gasteiger partial charge in [0.25, 0.3) is 0 Å². The van der Waals surface area contributed by atoms with Crippen molar-refractivity contribution in [2.75, 3.05) is 7.11 Å². The zero-order valence-electron chi connectivity index (χ0n) is 10.1. The van der Waals surface area contributed by atoms with Gasteiger partial charge in [-0.05, 0) is 30.0 Å². The first-order chi connectivity index (χ1) is 8.72. The molecular formula is C15H14Cl2O. The highest BCUT2D eigenvalue weighted by molar-refractivity contribution is 6.43. The van der Waals surface area contributed by atoms with Crippen LogP contribution in [-0.4, -0.2) is 7.11 Å². The van der Waals surface area contributed by atoms with Crippen LogP contribution in [0.2, 0.25) is 10.0 Å². The molecule has 2 aromatic carbocycles. The van der Waals surface area contributed by atoms with Crippen LogP contribution in [0.15, 0.2) is 42.5 Å². The predicted molar refractivity (Wildman–Crippen MR) is 76.9 cm³/mol. The number of rotatable bonds is 4. The molecule has 0 aliphatic carbocycles. The Kier molecular flexibility index (Phi) is 4.51. The SMILES string of the molecule is COc1ccc(CCc2ccccc2)c(Cl)c1Cl. The van der Waals surface area contributed by atoms with Gasteiger partial charge in [-0.15, -0.1) is 0 Å². The summed E-state index contributed by atoms with van der Waals surface area (Å²) in [5.74, 6) is 0.616. The summed E-state index contributed by atoms with van der Waals surface area (Å²) in [4.78, 5) is 0. The smallest absolute Gasteiger partial charge is 0.138 e. The molecule has 0 amide bonds. The highest BCUT2D eigenvalue weighted by Gasteiger charge is 2.10. The highest BCUT2D eigenvalue weighted by atomic mass is 35.5. The molecular weight excluding hydrogens is 267 g/mol. The van der Waals surface area contributed by atoms with E-state index in [1.165, 1.54) is 5.56 Å². The summed E-state index contributed by atoms with van der Waals surface area (Å²) in [6.45, 7) is 0. The molecule has 0 heterocycles. The van der Waals surface area contributed by atoms with Gasteiger partial charge < -0.3 is 4.74 Å². The molecule has 2 rings (SSSR count). The van der Waals surface area contributed by atoms with E-state index in [1.807, 2.05) is 30.3 Å². The molecule has 0 saturated heterocycles. The monoisotopic (exact) mass is 280 g/mol. The average Bonchev–Trinajstić information content (AvgIpc) is 2.42. The second kappa shape index (κ2) is 6.12. The number of ether oxygens (including phenoxy) is 1. The molecule has 0 bridgehead atoms. The summed E-state index contributed by atoms with van der Waals surface area (Å²) in [5, 5.41) is 1.08. The maximum absolute atomic E-state index is 6.23. The van der Waals surface area contributed by atoms with E-state index in [9.17, 15) is 0 Å². The number of halogens is 2. The molecule has 3 heteroatoms. The van der Waals surface area contributed by atoms with Crippen LogP contribution < -0.4 is 4.74 Å². The van der Waals surface area contributed by atoms with E-state index in [2.05, 4.69) is 12.1 Å². The quantitative estimate of drug-likeness (QED) is 0.783. The van der Waals surface area contributed by atoms with Crippen LogP contribution in [-0.2, 0) is 12.8 Å². The third kappa shape index (κ3) is 2.98. The molecule has 0 aliphatic rings. The molecule has 94 valence electrons. The zero-order chi connectivity index (χ0) is 13.0. The molecule has 1 nitrogen and oxygen atoms in total. The van der Waals surface area contributed by atoms with Crippen LogP contribution in [0, 0.1) is 0 Å². The van der Waals surface area contributed by atoms with Crippen LogP contribution in [0.4, 0.5) is 0 Å². The number of benzene rings is 2. The van der Waals surface area contributed by atoms with Crippen molar-refractivity contribution in [3.63, 3.8) is 0 Å². The third-order valence-corrected chi connectivity index (χ3v) is 3.78. The first-order valence-corrected chi connectivity index (χ1v) is 6.52.